The van der Waals surface area contributed by atoms with Crippen LogP contribution in [0, 0.1) is 5.41 Å². The van der Waals surface area contributed by atoms with Crippen LogP contribution >= 0.6 is 0 Å². The molecule has 0 fully saturated rings. The SMILES string of the molecule is CC(C)(C)CCS(=O)(=O)NC1CNc2ccccc2C1. The first kappa shape index (κ1) is 15.3. The average Bonchev–Trinajstić information content (AvgIpc) is 2.35. The molecule has 1 aliphatic rings. The topological polar surface area (TPSA) is 58.2 Å². The summed E-state index contributed by atoms with van der Waals surface area (Å²) in [7, 11) is -3.21. The summed E-state index contributed by atoms with van der Waals surface area (Å²) < 4.78 is 27.1. The lowest BCUT2D eigenvalue weighted by molar-refractivity contribution is 0.395. The molecule has 0 spiro atoms. The molecule has 0 amide bonds. The quantitative estimate of drug-likeness (QED) is 0.897. The Balaban J connectivity index is 1.95. The van der Waals surface area contributed by atoms with Crippen molar-refractivity contribution in [2.75, 3.05) is 17.6 Å². The minimum Gasteiger partial charge on any atom is -0.383 e. The van der Waals surface area contributed by atoms with Crippen LogP contribution < -0.4 is 10.0 Å². The number of para-hydroxylation sites is 1. The molecular weight excluding hydrogens is 272 g/mol. The number of nitrogens with one attached hydrogen (secondary N) is 2. The maximum Gasteiger partial charge on any atom is 0.211 e. The lowest BCUT2D eigenvalue weighted by Crippen LogP contribution is -2.44. The normalized spacial score (nSPS) is 19.2. The largest absolute Gasteiger partial charge is 0.383 e. The maximum absolute atomic E-state index is 12.1. The van der Waals surface area contributed by atoms with Gasteiger partial charge in [0.15, 0.2) is 0 Å². The lowest BCUT2D eigenvalue weighted by Gasteiger charge is -2.27. The van der Waals surface area contributed by atoms with Gasteiger partial charge < -0.3 is 5.32 Å². The van der Waals surface area contributed by atoms with Crippen LogP contribution in [-0.4, -0.2) is 26.8 Å². The van der Waals surface area contributed by atoms with Crippen LogP contribution in [0.1, 0.15) is 32.8 Å². The van der Waals surface area contributed by atoms with Gasteiger partial charge in [-0.15, -0.1) is 0 Å². The third-order valence-corrected chi connectivity index (χ3v) is 4.92. The van der Waals surface area contributed by atoms with Crippen LogP contribution in [0.3, 0.4) is 0 Å². The second-order valence-electron chi connectivity index (χ2n) is 6.69. The number of anilines is 1. The Kier molecular flexibility index (Phi) is 4.39. The summed E-state index contributed by atoms with van der Waals surface area (Å²) in [6.07, 6.45) is 1.41. The first-order valence-corrected chi connectivity index (χ1v) is 8.72. The zero-order valence-corrected chi connectivity index (χ0v) is 13.3. The van der Waals surface area contributed by atoms with Crippen molar-refractivity contribution in [2.24, 2.45) is 5.41 Å². The van der Waals surface area contributed by atoms with Gasteiger partial charge in [-0.2, -0.15) is 0 Å². The molecule has 0 saturated heterocycles. The second-order valence-corrected chi connectivity index (χ2v) is 8.56. The average molecular weight is 296 g/mol. The predicted molar refractivity (Wildman–Crippen MR) is 83.4 cm³/mol. The molecule has 20 heavy (non-hydrogen) atoms. The molecule has 2 N–H and O–H groups in total. The molecule has 1 unspecified atom stereocenters. The van der Waals surface area contributed by atoms with Gasteiger partial charge in [0.2, 0.25) is 10.0 Å². The summed E-state index contributed by atoms with van der Waals surface area (Å²) in [6.45, 7) is 6.81. The summed E-state index contributed by atoms with van der Waals surface area (Å²) in [6, 6.07) is 7.98. The standard InChI is InChI=1S/C15H24N2O2S/c1-15(2,3)8-9-20(18,19)17-13-10-12-6-4-5-7-14(12)16-11-13/h4-7,13,16-17H,8-11H2,1-3H3. The van der Waals surface area contributed by atoms with Crippen molar-refractivity contribution < 1.29 is 8.42 Å². The fraction of sp³-hybridized carbons (Fsp3) is 0.600. The highest BCUT2D eigenvalue weighted by atomic mass is 32.2. The number of sulfonamides is 1. The Bertz CT molecular complexity index is 561. The molecule has 5 heteroatoms. The van der Waals surface area contributed by atoms with Crippen LogP contribution in [0.2, 0.25) is 0 Å². The van der Waals surface area contributed by atoms with Crippen LogP contribution in [0.15, 0.2) is 24.3 Å². The third kappa shape index (κ3) is 4.49. The number of fused-ring (bicyclic) bond motifs is 1. The van der Waals surface area contributed by atoms with Crippen LogP contribution in [0.4, 0.5) is 5.69 Å². The van der Waals surface area contributed by atoms with Gasteiger partial charge in [0, 0.05) is 18.3 Å². The highest BCUT2D eigenvalue weighted by Gasteiger charge is 2.24. The van der Waals surface area contributed by atoms with Crippen LogP contribution in [0.25, 0.3) is 0 Å². The third-order valence-electron chi connectivity index (χ3n) is 3.49. The number of hydrogen-bond donors (Lipinski definition) is 2. The summed E-state index contributed by atoms with van der Waals surface area (Å²) >= 11 is 0. The molecule has 0 bridgehead atoms. The molecule has 112 valence electrons. The van der Waals surface area contributed by atoms with Gasteiger partial charge >= 0.3 is 0 Å². The van der Waals surface area contributed by atoms with Gasteiger partial charge in [-0.1, -0.05) is 39.0 Å². The van der Waals surface area contributed by atoms with Crippen molar-refractivity contribution in [3.63, 3.8) is 0 Å². The van der Waals surface area contributed by atoms with E-state index in [1.807, 2.05) is 24.3 Å². The molecule has 1 aliphatic heterocycles. The molecular formula is C15H24N2O2S. The Hall–Kier alpha value is -1.07. The van der Waals surface area contributed by atoms with Gasteiger partial charge in [-0.05, 0) is 29.9 Å². The minimum atomic E-state index is -3.21. The van der Waals surface area contributed by atoms with E-state index < -0.39 is 10.0 Å². The number of benzene rings is 1. The predicted octanol–water partition coefficient (Wildman–Crippen LogP) is 2.38. The molecule has 1 heterocycles. The van der Waals surface area contributed by atoms with E-state index >= 15 is 0 Å². The van der Waals surface area contributed by atoms with E-state index in [1.54, 1.807) is 0 Å². The number of rotatable bonds is 4. The Morgan fingerprint density at radius 2 is 2.00 bits per heavy atom. The van der Waals surface area contributed by atoms with E-state index in [-0.39, 0.29) is 17.2 Å². The van der Waals surface area contributed by atoms with E-state index in [4.69, 9.17) is 0 Å². The van der Waals surface area contributed by atoms with Gasteiger partial charge in [-0.25, -0.2) is 13.1 Å². The van der Waals surface area contributed by atoms with Crippen molar-refractivity contribution in [1.29, 1.82) is 0 Å². The Labute approximate surface area is 122 Å². The van der Waals surface area contributed by atoms with E-state index in [0.29, 0.717) is 13.0 Å². The first-order valence-electron chi connectivity index (χ1n) is 7.07. The van der Waals surface area contributed by atoms with Crippen molar-refractivity contribution in [3.8, 4) is 0 Å². The van der Waals surface area contributed by atoms with Crippen LogP contribution in [0.5, 0.6) is 0 Å². The van der Waals surface area contributed by atoms with Crippen LogP contribution in [-0.2, 0) is 16.4 Å². The molecule has 1 aromatic carbocycles. The molecule has 0 radical (unpaired) electrons. The second kappa shape index (κ2) is 5.74. The van der Waals surface area contributed by atoms with Crippen molar-refractivity contribution in [1.82, 2.24) is 4.72 Å². The Morgan fingerprint density at radius 1 is 1.30 bits per heavy atom. The highest BCUT2D eigenvalue weighted by molar-refractivity contribution is 7.89. The first-order chi connectivity index (χ1) is 9.25. The summed E-state index contributed by atoms with van der Waals surface area (Å²) in [5, 5.41) is 3.28. The van der Waals surface area contributed by atoms with Gasteiger partial charge in [-0.3, -0.25) is 0 Å². The number of hydrogen-bond acceptors (Lipinski definition) is 3. The zero-order valence-electron chi connectivity index (χ0n) is 12.4. The fourth-order valence-electron chi connectivity index (χ4n) is 2.28. The molecule has 1 atom stereocenters. The molecule has 2 rings (SSSR count). The summed E-state index contributed by atoms with van der Waals surface area (Å²) in [5.74, 6) is 0.189. The molecule has 1 aromatic rings. The van der Waals surface area contributed by atoms with Crippen molar-refractivity contribution >= 4 is 15.7 Å². The van der Waals surface area contributed by atoms with Gasteiger partial charge in [0.05, 0.1) is 5.75 Å². The molecule has 0 saturated carbocycles. The zero-order chi connectivity index (χ0) is 14.8. The lowest BCUT2D eigenvalue weighted by atomic mass is 9.94. The van der Waals surface area contributed by atoms with E-state index in [2.05, 4.69) is 30.8 Å². The van der Waals surface area contributed by atoms with Crippen molar-refractivity contribution in [2.45, 2.75) is 39.7 Å². The smallest absolute Gasteiger partial charge is 0.211 e. The molecule has 4 nitrogen and oxygen atoms in total. The monoisotopic (exact) mass is 296 g/mol. The van der Waals surface area contributed by atoms with Crippen molar-refractivity contribution in [3.05, 3.63) is 29.8 Å². The maximum atomic E-state index is 12.1. The minimum absolute atomic E-state index is 0.0339. The summed E-state index contributed by atoms with van der Waals surface area (Å²) in [5.41, 5.74) is 2.31. The highest BCUT2D eigenvalue weighted by Crippen LogP contribution is 2.22. The van der Waals surface area contributed by atoms with Gasteiger partial charge in [0.1, 0.15) is 0 Å². The van der Waals surface area contributed by atoms with E-state index in [9.17, 15) is 8.42 Å². The fourth-order valence-corrected chi connectivity index (χ4v) is 3.95. The van der Waals surface area contributed by atoms with Gasteiger partial charge in [0.25, 0.3) is 0 Å². The summed E-state index contributed by atoms with van der Waals surface area (Å²) in [4.78, 5) is 0. The van der Waals surface area contributed by atoms with E-state index in [1.165, 1.54) is 5.56 Å². The molecule has 0 aromatic heterocycles. The Morgan fingerprint density at radius 3 is 2.70 bits per heavy atom. The molecule has 0 aliphatic carbocycles. The van der Waals surface area contributed by atoms with E-state index in [0.717, 1.165) is 12.1 Å².